The SMILES string of the molecule is CCCCCCCCOc1ccc(CNCCc2ccccc2C)cc1. The fourth-order valence-corrected chi connectivity index (χ4v) is 3.12. The maximum absolute atomic E-state index is 5.84. The first-order chi connectivity index (χ1) is 12.8. The molecule has 2 heteroatoms. The molecule has 0 aliphatic rings. The minimum Gasteiger partial charge on any atom is -0.494 e. The van der Waals surface area contributed by atoms with E-state index in [4.69, 9.17) is 4.74 Å². The van der Waals surface area contributed by atoms with Gasteiger partial charge < -0.3 is 10.1 Å². The number of nitrogens with one attached hydrogen (secondary N) is 1. The van der Waals surface area contributed by atoms with Crippen molar-refractivity contribution in [2.24, 2.45) is 0 Å². The molecular weight excluding hydrogens is 318 g/mol. The summed E-state index contributed by atoms with van der Waals surface area (Å²) in [6, 6.07) is 17.1. The molecule has 26 heavy (non-hydrogen) atoms. The van der Waals surface area contributed by atoms with E-state index in [1.54, 1.807) is 0 Å². The van der Waals surface area contributed by atoms with E-state index in [9.17, 15) is 0 Å². The first kappa shape index (κ1) is 20.5. The zero-order valence-corrected chi connectivity index (χ0v) is 16.6. The van der Waals surface area contributed by atoms with Crippen molar-refractivity contribution in [3.63, 3.8) is 0 Å². The number of benzene rings is 2. The van der Waals surface area contributed by atoms with E-state index in [0.717, 1.165) is 38.3 Å². The Morgan fingerprint density at radius 1 is 0.846 bits per heavy atom. The monoisotopic (exact) mass is 353 g/mol. The van der Waals surface area contributed by atoms with Crippen LogP contribution >= 0.6 is 0 Å². The van der Waals surface area contributed by atoms with Gasteiger partial charge in [-0.15, -0.1) is 0 Å². The third kappa shape index (κ3) is 8.05. The van der Waals surface area contributed by atoms with Crippen molar-refractivity contribution >= 4 is 0 Å². The summed E-state index contributed by atoms with van der Waals surface area (Å²) >= 11 is 0. The van der Waals surface area contributed by atoms with Crippen LogP contribution in [0.2, 0.25) is 0 Å². The summed E-state index contributed by atoms with van der Waals surface area (Å²) < 4.78 is 5.84. The summed E-state index contributed by atoms with van der Waals surface area (Å²) in [5.74, 6) is 0.988. The predicted molar refractivity (Wildman–Crippen MR) is 112 cm³/mol. The third-order valence-corrected chi connectivity index (χ3v) is 4.85. The lowest BCUT2D eigenvalue weighted by Crippen LogP contribution is -2.17. The average molecular weight is 354 g/mol. The van der Waals surface area contributed by atoms with Crippen LogP contribution in [0.5, 0.6) is 5.75 Å². The van der Waals surface area contributed by atoms with Crippen molar-refractivity contribution in [1.82, 2.24) is 5.32 Å². The number of aryl methyl sites for hydroxylation is 1. The number of rotatable bonds is 13. The molecule has 2 aromatic rings. The Morgan fingerprint density at radius 3 is 2.35 bits per heavy atom. The summed E-state index contributed by atoms with van der Waals surface area (Å²) in [4.78, 5) is 0. The molecule has 2 rings (SSSR count). The van der Waals surface area contributed by atoms with Crippen LogP contribution < -0.4 is 10.1 Å². The van der Waals surface area contributed by atoms with Crippen LogP contribution in [0.15, 0.2) is 48.5 Å². The lowest BCUT2D eigenvalue weighted by atomic mass is 10.1. The Labute approximate surface area is 160 Å². The molecule has 0 atom stereocenters. The van der Waals surface area contributed by atoms with Gasteiger partial charge in [0.2, 0.25) is 0 Å². The molecule has 0 aliphatic heterocycles. The molecule has 0 heterocycles. The van der Waals surface area contributed by atoms with Crippen molar-refractivity contribution in [1.29, 1.82) is 0 Å². The largest absolute Gasteiger partial charge is 0.494 e. The van der Waals surface area contributed by atoms with Crippen molar-refractivity contribution in [3.05, 3.63) is 65.2 Å². The van der Waals surface area contributed by atoms with Crippen molar-refractivity contribution < 1.29 is 4.74 Å². The molecule has 2 nitrogen and oxygen atoms in total. The summed E-state index contributed by atoms with van der Waals surface area (Å²) in [5.41, 5.74) is 4.11. The summed E-state index contributed by atoms with van der Waals surface area (Å²) in [6.45, 7) is 7.18. The number of hydrogen-bond donors (Lipinski definition) is 1. The van der Waals surface area contributed by atoms with Gasteiger partial charge in [-0.2, -0.15) is 0 Å². The minimum atomic E-state index is 0.833. The highest BCUT2D eigenvalue weighted by molar-refractivity contribution is 5.27. The van der Waals surface area contributed by atoms with Crippen LogP contribution in [0.3, 0.4) is 0 Å². The first-order valence-corrected chi connectivity index (χ1v) is 10.3. The Bertz CT molecular complexity index is 606. The molecule has 0 aliphatic carbocycles. The van der Waals surface area contributed by atoms with Gasteiger partial charge in [0.15, 0.2) is 0 Å². The minimum absolute atomic E-state index is 0.833. The van der Waals surface area contributed by atoms with Gasteiger partial charge in [-0.3, -0.25) is 0 Å². The molecule has 0 fully saturated rings. The zero-order chi connectivity index (χ0) is 18.5. The van der Waals surface area contributed by atoms with E-state index in [1.165, 1.54) is 48.8 Å². The molecule has 2 aromatic carbocycles. The van der Waals surface area contributed by atoms with Crippen LogP contribution in [0.4, 0.5) is 0 Å². The molecule has 0 amide bonds. The molecule has 0 bridgehead atoms. The molecule has 0 radical (unpaired) electrons. The third-order valence-electron chi connectivity index (χ3n) is 4.85. The molecule has 1 N–H and O–H groups in total. The topological polar surface area (TPSA) is 21.3 Å². The van der Waals surface area contributed by atoms with Crippen LogP contribution in [0, 0.1) is 6.92 Å². The Balaban J connectivity index is 1.58. The van der Waals surface area contributed by atoms with E-state index in [0.29, 0.717) is 0 Å². The molecule has 0 saturated carbocycles. The van der Waals surface area contributed by atoms with Gasteiger partial charge in [0.1, 0.15) is 5.75 Å². The fraction of sp³-hybridized carbons (Fsp3) is 0.500. The van der Waals surface area contributed by atoms with Crippen molar-refractivity contribution in [2.75, 3.05) is 13.2 Å². The van der Waals surface area contributed by atoms with Gasteiger partial charge in [-0.1, -0.05) is 75.4 Å². The van der Waals surface area contributed by atoms with Gasteiger partial charge in [0.25, 0.3) is 0 Å². The highest BCUT2D eigenvalue weighted by Gasteiger charge is 1.99. The summed E-state index contributed by atoms with van der Waals surface area (Å²) in [6.07, 6.45) is 8.89. The van der Waals surface area contributed by atoms with E-state index in [2.05, 4.69) is 67.7 Å². The highest BCUT2D eigenvalue weighted by atomic mass is 16.5. The predicted octanol–water partition coefficient (Wildman–Crippen LogP) is 6.07. The molecule has 0 spiro atoms. The second-order valence-corrected chi connectivity index (χ2v) is 7.11. The maximum Gasteiger partial charge on any atom is 0.119 e. The summed E-state index contributed by atoms with van der Waals surface area (Å²) in [7, 11) is 0. The van der Waals surface area contributed by atoms with E-state index >= 15 is 0 Å². The summed E-state index contributed by atoms with van der Waals surface area (Å²) in [5, 5.41) is 3.53. The Kier molecular flexibility index (Phi) is 9.89. The molecular formula is C24H35NO. The quantitative estimate of drug-likeness (QED) is 0.441. The van der Waals surface area contributed by atoms with Gasteiger partial charge in [0.05, 0.1) is 6.61 Å². The maximum atomic E-state index is 5.84. The highest BCUT2D eigenvalue weighted by Crippen LogP contribution is 2.13. The van der Waals surface area contributed by atoms with E-state index < -0.39 is 0 Å². The Hall–Kier alpha value is -1.80. The molecule has 0 aromatic heterocycles. The molecule has 142 valence electrons. The van der Waals surface area contributed by atoms with Crippen LogP contribution in [0.25, 0.3) is 0 Å². The Morgan fingerprint density at radius 2 is 1.58 bits per heavy atom. The number of hydrogen-bond acceptors (Lipinski definition) is 2. The zero-order valence-electron chi connectivity index (χ0n) is 16.6. The van der Waals surface area contributed by atoms with Gasteiger partial charge >= 0.3 is 0 Å². The molecule has 0 unspecified atom stereocenters. The smallest absolute Gasteiger partial charge is 0.119 e. The van der Waals surface area contributed by atoms with Gasteiger partial charge in [-0.05, 0) is 55.1 Å². The van der Waals surface area contributed by atoms with E-state index in [1.807, 2.05) is 0 Å². The van der Waals surface area contributed by atoms with Crippen molar-refractivity contribution in [2.45, 2.75) is 65.3 Å². The lowest BCUT2D eigenvalue weighted by Gasteiger charge is -2.09. The van der Waals surface area contributed by atoms with Crippen LogP contribution in [-0.4, -0.2) is 13.2 Å². The van der Waals surface area contributed by atoms with Crippen LogP contribution in [-0.2, 0) is 13.0 Å². The standard InChI is InChI=1S/C24H35NO/c1-3-4-5-6-7-10-19-26-24-15-13-22(14-16-24)20-25-18-17-23-12-9-8-11-21(23)2/h8-9,11-16,25H,3-7,10,17-20H2,1-2H3. The number of ether oxygens (including phenoxy) is 1. The average Bonchev–Trinajstić information content (AvgIpc) is 2.67. The normalized spacial score (nSPS) is 10.8. The van der Waals surface area contributed by atoms with Gasteiger partial charge in [0, 0.05) is 6.54 Å². The second kappa shape index (κ2) is 12.5. The fourth-order valence-electron chi connectivity index (χ4n) is 3.12. The lowest BCUT2D eigenvalue weighted by molar-refractivity contribution is 0.304. The van der Waals surface area contributed by atoms with Crippen molar-refractivity contribution in [3.8, 4) is 5.75 Å². The van der Waals surface area contributed by atoms with Gasteiger partial charge in [-0.25, -0.2) is 0 Å². The first-order valence-electron chi connectivity index (χ1n) is 10.3. The second-order valence-electron chi connectivity index (χ2n) is 7.11. The van der Waals surface area contributed by atoms with E-state index in [-0.39, 0.29) is 0 Å². The molecule has 0 saturated heterocycles. The number of unbranched alkanes of at least 4 members (excludes halogenated alkanes) is 5. The van der Waals surface area contributed by atoms with Crippen LogP contribution in [0.1, 0.15) is 62.1 Å².